The Kier molecular flexibility index (Phi) is 5.23. The van der Waals surface area contributed by atoms with E-state index in [1.165, 1.54) is 22.2 Å². The zero-order valence-corrected chi connectivity index (χ0v) is 15.3. The maximum atomic E-state index is 5.89. The summed E-state index contributed by atoms with van der Waals surface area (Å²) in [7, 11) is 0. The van der Waals surface area contributed by atoms with Gasteiger partial charge in [-0.2, -0.15) is 0 Å². The maximum Gasteiger partial charge on any atom is 0.0702 e. The third-order valence-corrected chi connectivity index (χ3v) is 5.10. The highest BCUT2D eigenvalue weighted by Crippen LogP contribution is 2.19. The van der Waals surface area contributed by atoms with Crippen molar-refractivity contribution >= 4 is 10.9 Å². The Balaban J connectivity index is 1.46. The molecule has 0 aliphatic carbocycles. The van der Waals surface area contributed by atoms with Crippen LogP contribution in [0.2, 0.25) is 0 Å². The molecule has 1 saturated heterocycles. The molecule has 26 heavy (non-hydrogen) atoms. The van der Waals surface area contributed by atoms with Gasteiger partial charge >= 0.3 is 0 Å². The lowest BCUT2D eigenvalue weighted by molar-refractivity contribution is 0.121. The number of hydrogen-bond donors (Lipinski definition) is 0. The molecule has 0 unspecified atom stereocenters. The molecule has 1 atom stereocenters. The van der Waals surface area contributed by atoms with Crippen molar-refractivity contribution in [1.29, 1.82) is 0 Å². The van der Waals surface area contributed by atoms with Crippen molar-refractivity contribution < 1.29 is 4.74 Å². The number of aromatic nitrogens is 2. The van der Waals surface area contributed by atoms with Crippen LogP contribution in [0, 0.1) is 12.8 Å². The van der Waals surface area contributed by atoms with Gasteiger partial charge in [0.25, 0.3) is 0 Å². The fraction of sp³-hybridized carbons (Fsp3) is 0.364. The van der Waals surface area contributed by atoms with E-state index in [0.29, 0.717) is 5.92 Å². The Morgan fingerprint density at radius 1 is 1.12 bits per heavy atom. The Labute approximate surface area is 154 Å². The fourth-order valence-corrected chi connectivity index (χ4v) is 3.70. The third-order valence-electron chi connectivity index (χ3n) is 5.10. The molecule has 0 amide bonds. The fourth-order valence-electron chi connectivity index (χ4n) is 3.70. The van der Waals surface area contributed by atoms with Gasteiger partial charge < -0.3 is 4.74 Å². The van der Waals surface area contributed by atoms with Gasteiger partial charge in [0.2, 0.25) is 0 Å². The number of ether oxygens (including phenoxy) is 1. The van der Waals surface area contributed by atoms with Gasteiger partial charge in [0.15, 0.2) is 0 Å². The van der Waals surface area contributed by atoms with E-state index in [9.17, 15) is 0 Å². The standard InChI is InChI=1S/C22H25N3O/c1-17-4-2-8-24-22(17)15-25-10-11-26-16-19(14-25)12-18-6-7-21-20(13-18)5-3-9-23-21/h2-9,13,19H,10-12,14-16H2,1H3/t19-/m0/s1. The second-order valence-electron chi connectivity index (χ2n) is 7.18. The van der Waals surface area contributed by atoms with E-state index in [1.54, 1.807) is 0 Å². The van der Waals surface area contributed by atoms with Gasteiger partial charge in [-0.15, -0.1) is 0 Å². The molecule has 0 spiro atoms. The largest absolute Gasteiger partial charge is 0.380 e. The summed E-state index contributed by atoms with van der Waals surface area (Å²) in [5, 5.41) is 1.21. The van der Waals surface area contributed by atoms with Crippen molar-refractivity contribution in [3.8, 4) is 0 Å². The van der Waals surface area contributed by atoms with Gasteiger partial charge in [0, 0.05) is 37.4 Å². The molecule has 3 heterocycles. The molecule has 3 aromatic rings. The topological polar surface area (TPSA) is 38.2 Å². The number of aryl methyl sites for hydroxylation is 1. The highest BCUT2D eigenvalue weighted by atomic mass is 16.5. The van der Waals surface area contributed by atoms with E-state index in [0.717, 1.165) is 44.8 Å². The number of fused-ring (bicyclic) bond motifs is 1. The van der Waals surface area contributed by atoms with Crippen LogP contribution in [0.15, 0.2) is 54.9 Å². The summed E-state index contributed by atoms with van der Waals surface area (Å²) in [5.41, 5.74) is 4.84. The van der Waals surface area contributed by atoms with Crippen molar-refractivity contribution in [2.45, 2.75) is 19.9 Å². The van der Waals surface area contributed by atoms with Crippen LogP contribution in [0.5, 0.6) is 0 Å². The highest BCUT2D eigenvalue weighted by Gasteiger charge is 2.20. The summed E-state index contributed by atoms with van der Waals surface area (Å²) >= 11 is 0. The molecule has 2 aromatic heterocycles. The minimum Gasteiger partial charge on any atom is -0.380 e. The van der Waals surface area contributed by atoms with Gasteiger partial charge in [-0.3, -0.25) is 14.9 Å². The predicted molar refractivity (Wildman–Crippen MR) is 104 cm³/mol. The molecular weight excluding hydrogens is 322 g/mol. The number of nitrogens with zero attached hydrogens (tertiary/aromatic N) is 3. The van der Waals surface area contributed by atoms with Crippen molar-refractivity contribution in [2.75, 3.05) is 26.3 Å². The SMILES string of the molecule is Cc1cccnc1CN1CCOC[C@@H](Cc2ccc3ncccc3c2)C1. The van der Waals surface area contributed by atoms with Crippen LogP contribution in [-0.2, 0) is 17.7 Å². The molecule has 4 heteroatoms. The van der Waals surface area contributed by atoms with Crippen LogP contribution in [0.4, 0.5) is 0 Å². The molecule has 134 valence electrons. The van der Waals surface area contributed by atoms with E-state index >= 15 is 0 Å². The number of hydrogen-bond acceptors (Lipinski definition) is 4. The summed E-state index contributed by atoms with van der Waals surface area (Å²) in [5.74, 6) is 0.496. The molecule has 0 bridgehead atoms. The monoisotopic (exact) mass is 347 g/mol. The van der Waals surface area contributed by atoms with Crippen molar-refractivity contribution in [2.24, 2.45) is 5.92 Å². The van der Waals surface area contributed by atoms with Gasteiger partial charge in [0.1, 0.15) is 0 Å². The van der Waals surface area contributed by atoms with Crippen LogP contribution in [0.25, 0.3) is 10.9 Å². The first-order valence-corrected chi connectivity index (χ1v) is 9.32. The predicted octanol–water partition coefficient (Wildman–Crippen LogP) is 3.63. The number of rotatable bonds is 4. The average molecular weight is 347 g/mol. The van der Waals surface area contributed by atoms with E-state index in [4.69, 9.17) is 4.74 Å². The van der Waals surface area contributed by atoms with Gasteiger partial charge in [-0.25, -0.2) is 0 Å². The summed E-state index contributed by atoms with van der Waals surface area (Å²) in [6.07, 6.45) is 4.76. The number of benzene rings is 1. The second kappa shape index (κ2) is 7.94. The lowest BCUT2D eigenvalue weighted by Gasteiger charge is -2.23. The van der Waals surface area contributed by atoms with Gasteiger partial charge in [-0.05, 0) is 54.7 Å². The number of pyridine rings is 2. The Morgan fingerprint density at radius 3 is 2.92 bits per heavy atom. The lowest BCUT2D eigenvalue weighted by Crippen LogP contribution is -2.31. The van der Waals surface area contributed by atoms with E-state index in [-0.39, 0.29) is 0 Å². The van der Waals surface area contributed by atoms with Crippen LogP contribution in [0.1, 0.15) is 16.8 Å². The zero-order valence-electron chi connectivity index (χ0n) is 15.3. The molecule has 1 aliphatic heterocycles. The van der Waals surface area contributed by atoms with Gasteiger partial charge in [0.05, 0.1) is 24.4 Å². The van der Waals surface area contributed by atoms with Crippen LogP contribution in [0.3, 0.4) is 0 Å². The average Bonchev–Trinajstić information content (AvgIpc) is 2.88. The molecule has 1 aliphatic rings. The smallest absolute Gasteiger partial charge is 0.0702 e. The molecule has 0 radical (unpaired) electrons. The van der Waals surface area contributed by atoms with Crippen LogP contribution < -0.4 is 0 Å². The minimum atomic E-state index is 0.496. The molecule has 1 fully saturated rings. The maximum absolute atomic E-state index is 5.89. The van der Waals surface area contributed by atoms with Gasteiger partial charge in [-0.1, -0.05) is 18.2 Å². The Morgan fingerprint density at radius 2 is 2.00 bits per heavy atom. The first-order chi connectivity index (χ1) is 12.8. The molecule has 1 aromatic carbocycles. The van der Waals surface area contributed by atoms with Crippen molar-refractivity contribution in [3.05, 3.63) is 71.7 Å². The normalized spacial score (nSPS) is 18.7. The first kappa shape index (κ1) is 17.1. The summed E-state index contributed by atoms with van der Waals surface area (Å²) < 4.78 is 5.89. The first-order valence-electron chi connectivity index (χ1n) is 9.32. The van der Waals surface area contributed by atoms with Crippen LogP contribution >= 0.6 is 0 Å². The zero-order chi connectivity index (χ0) is 17.8. The van der Waals surface area contributed by atoms with E-state index in [1.807, 2.05) is 24.5 Å². The van der Waals surface area contributed by atoms with E-state index < -0.39 is 0 Å². The minimum absolute atomic E-state index is 0.496. The molecule has 0 saturated carbocycles. The second-order valence-corrected chi connectivity index (χ2v) is 7.18. The lowest BCUT2D eigenvalue weighted by atomic mass is 9.98. The summed E-state index contributed by atoms with van der Waals surface area (Å²) in [6.45, 7) is 6.66. The van der Waals surface area contributed by atoms with E-state index in [2.05, 4.69) is 52.1 Å². The quantitative estimate of drug-likeness (QED) is 0.722. The summed E-state index contributed by atoms with van der Waals surface area (Å²) in [6, 6.07) is 14.9. The highest BCUT2D eigenvalue weighted by molar-refractivity contribution is 5.78. The molecule has 4 nitrogen and oxygen atoms in total. The van der Waals surface area contributed by atoms with Crippen molar-refractivity contribution in [3.63, 3.8) is 0 Å². The molecular formula is C22H25N3O. The van der Waals surface area contributed by atoms with Crippen LogP contribution in [-0.4, -0.2) is 41.2 Å². The molecule has 0 N–H and O–H groups in total. The summed E-state index contributed by atoms with van der Waals surface area (Å²) in [4.78, 5) is 11.4. The van der Waals surface area contributed by atoms with Crippen molar-refractivity contribution in [1.82, 2.24) is 14.9 Å². The Hall–Kier alpha value is -2.30. The molecule has 4 rings (SSSR count). The third kappa shape index (κ3) is 4.09. The Bertz CT molecular complexity index is 880.